The van der Waals surface area contributed by atoms with Gasteiger partial charge in [0.25, 0.3) is 0 Å². The van der Waals surface area contributed by atoms with Crippen LogP contribution in [0.25, 0.3) is 0 Å². The third-order valence-corrected chi connectivity index (χ3v) is 5.78. The Hall–Kier alpha value is -0.870. The standard InChI is InChI=1S/C17H27ClNO4P/c1-5-14-10-9-11-15(6-2)17(14)19(16(20)12-18)13-24(21,22-7-3)23-8-4/h9-11H,5-8,12-13H2,1-4H3. The van der Waals surface area contributed by atoms with Crippen molar-refractivity contribution in [3.8, 4) is 0 Å². The minimum atomic E-state index is -3.42. The highest BCUT2D eigenvalue weighted by atomic mass is 35.5. The molecular formula is C17H27ClNO4P. The van der Waals surface area contributed by atoms with E-state index in [-0.39, 0.29) is 31.3 Å². The Kier molecular flexibility index (Phi) is 8.99. The van der Waals surface area contributed by atoms with E-state index in [2.05, 4.69) is 0 Å². The topological polar surface area (TPSA) is 55.8 Å². The number of amides is 1. The number of carbonyl (C=O) groups is 1. The number of carbonyl (C=O) groups excluding carboxylic acids is 1. The molecule has 0 saturated heterocycles. The van der Waals surface area contributed by atoms with Crippen molar-refractivity contribution in [3.63, 3.8) is 0 Å². The second-order valence-corrected chi connectivity index (χ2v) is 7.46. The zero-order valence-electron chi connectivity index (χ0n) is 14.9. The van der Waals surface area contributed by atoms with E-state index in [1.54, 1.807) is 13.8 Å². The van der Waals surface area contributed by atoms with Gasteiger partial charge in [0.15, 0.2) is 0 Å². The fourth-order valence-corrected chi connectivity index (χ4v) is 4.41. The number of halogens is 1. The lowest BCUT2D eigenvalue weighted by Gasteiger charge is -2.30. The Balaban J connectivity index is 3.38. The number of para-hydroxylation sites is 1. The molecule has 0 fully saturated rings. The van der Waals surface area contributed by atoms with Gasteiger partial charge in [-0.25, -0.2) is 0 Å². The number of anilines is 1. The monoisotopic (exact) mass is 375 g/mol. The lowest BCUT2D eigenvalue weighted by molar-refractivity contribution is -0.116. The summed E-state index contributed by atoms with van der Waals surface area (Å²) >= 11 is 5.81. The molecule has 0 aliphatic rings. The molecule has 0 spiro atoms. The molecule has 136 valence electrons. The van der Waals surface area contributed by atoms with E-state index in [0.29, 0.717) is 0 Å². The number of aryl methyl sites for hydroxylation is 2. The van der Waals surface area contributed by atoms with Crippen LogP contribution in [0.1, 0.15) is 38.8 Å². The van der Waals surface area contributed by atoms with Crippen molar-refractivity contribution in [2.75, 3.05) is 30.3 Å². The molecular weight excluding hydrogens is 349 g/mol. The summed E-state index contributed by atoms with van der Waals surface area (Å²) in [7, 11) is -3.42. The summed E-state index contributed by atoms with van der Waals surface area (Å²) in [5.41, 5.74) is 2.78. The van der Waals surface area contributed by atoms with Gasteiger partial charge in [0, 0.05) is 0 Å². The van der Waals surface area contributed by atoms with Crippen molar-refractivity contribution in [2.45, 2.75) is 40.5 Å². The van der Waals surface area contributed by atoms with Crippen molar-refractivity contribution < 1.29 is 18.4 Å². The Labute approximate surface area is 149 Å². The van der Waals surface area contributed by atoms with Gasteiger partial charge in [-0.05, 0) is 37.8 Å². The molecule has 1 rings (SSSR count). The molecule has 0 unspecified atom stereocenters. The summed E-state index contributed by atoms with van der Waals surface area (Å²) in [6.45, 7) is 8.03. The zero-order valence-corrected chi connectivity index (χ0v) is 16.5. The molecule has 0 saturated carbocycles. The van der Waals surface area contributed by atoms with Gasteiger partial charge in [-0.15, -0.1) is 11.6 Å². The zero-order chi connectivity index (χ0) is 18.2. The molecule has 0 radical (unpaired) electrons. The van der Waals surface area contributed by atoms with Gasteiger partial charge in [0.2, 0.25) is 5.91 Å². The molecule has 0 aliphatic carbocycles. The van der Waals surface area contributed by atoms with Gasteiger partial charge in [0.05, 0.1) is 18.9 Å². The molecule has 1 aromatic rings. The quantitative estimate of drug-likeness (QED) is 0.442. The third-order valence-electron chi connectivity index (χ3n) is 3.62. The lowest BCUT2D eigenvalue weighted by atomic mass is 10.0. The molecule has 5 nitrogen and oxygen atoms in total. The molecule has 0 aliphatic heterocycles. The Morgan fingerprint density at radius 3 is 1.96 bits per heavy atom. The Bertz CT molecular complexity index is 562. The van der Waals surface area contributed by atoms with Crippen LogP contribution in [0.3, 0.4) is 0 Å². The molecule has 7 heteroatoms. The van der Waals surface area contributed by atoms with Crippen LogP contribution in [0, 0.1) is 0 Å². The highest BCUT2D eigenvalue weighted by molar-refractivity contribution is 7.54. The predicted molar refractivity (Wildman–Crippen MR) is 99.1 cm³/mol. The first-order chi connectivity index (χ1) is 11.5. The van der Waals surface area contributed by atoms with E-state index in [9.17, 15) is 9.36 Å². The summed E-state index contributed by atoms with van der Waals surface area (Å²) in [5.74, 6) is -0.508. The highest BCUT2D eigenvalue weighted by Gasteiger charge is 2.32. The van der Waals surface area contributed by atoms with Crippen LogP contribution in [-0.4, -0.2) is 31.3 Å². The van der Waals surface area contributed by atoms with Gasteiger partial charge >= 0.3 is 7.60 Å². The van der Waals surface area contributed by atoms with Crippen LogP contribution >= 0.6 is 19.2 Å². The molecule has 0 bridgehead atoms. The van der Waals surface area contributed by atoms with Crippen molar-refractivity contribution in [2.24, 2.45) is 0 Å². The van der Waals surface area contributed by atoms with Crippen LogP contribution < -0.4 is 4.90 Å². The van der Waals surface area contributed by atoms with Crippen LogP contribution in [0.4, 0.5) is 5.69 Å². The maximum Gasteiger partial charge on any atom is 0.350 e. The number of alkyl halides is 1. The first-order valence-corrected chi connectivity index (χ1v) is 10.6. The third kappa shape index (κ3) is 5.32. The summed E-state index contributed by atoms with van der Waals surface area (Å²) < 4.78 is 23.7. The van der Waals surface area contributed by atoms with Crippen LogP contribution in [0.15, 0.2) is 18.2 Å². The summed E-state index contributed by atoms with van der Waals surface area (Å²) in [6, 6.07) is 5.90. The van der Waals surface area contributed by atoms with Gasteiger partial charge in [-0.1, -0.05) is 32.0 Å². The number of nitrogens with zero attached hydrogens (tertiary/aromatic N) is 1. The number of benzene rings is 1. The maximum atomic E-state index is 12.9. The smallest absolute Gasteiger partial charge is 0.308 e. The van der Waals surface area contributed by atoms with E-state index < -0.39 is 7.60 Å². The van der Waals surface area contributed by atoms with Gasteiger partial charge in [-0.3, -0.25) is 14.3 Å². The number of rotatable bonds is 10. The Morgan fingerprint density at radius 2 is 1.58 bits per heavy atom. The van der Waals surface area contributed by atoms with Crippen molar-refractivity contribution in [3.05, 3.63) is 29.3 Å². The van der Waals surface area contributed by atoms with Crippen molar-refractivity contribution in [1.29, 1.82) is 0 Å². The normalized spacial score (nSPS) is 11.5. The van der Waals surface area contributed by atoms with E-state index >= 15 is 0 Å². The summed E-state index contributed by atoms with van der Waals surface area (Å²) in [5, 5.41) is 0. The second-order valence-electron chi connectivity index (χ2n) is 5.18. The molecule has 24 heavy (non-hydrogen) atoms. The van der Waals surface area contributed by atoms with Gasteiger partial charge in [0.1, 0.15) is 12.2 Å². The number of hydrogen-bond acceptors (Lipinski definition) is 4. The van der Waals surface area contributed by atoms with Crippen molar-refractivity contribution >= 4 is 30.8 Å². The largest absolute Gasteiger partial charge is 0.350 e. The molecule has 0 heterocycles. The Morgan fingerprint density at radius 1 is 1.08 bits per heavy atom. The van der Waals surface area contributed by atoms with E-state index in [1.807, 2.05) is 32.0 Å². The molecule has 0 aromatic heterocycles. The first-order valence-electron chi connectivity index (χ1n) is 8.31. The number of hydrogen-bond donors (Lipinski definition) is 0. The average molecular weight is 376 g/mol. The SMILES string of the molecule is CCOP(=O)(CN(C(=O)CCl)c1c(CC)cccc1CC)OCC. The predicted octanol–water partition coefficient (Wildman–Crippen LogP) is 4.61. The minimum absolute atomic E-state index is 0.135. The van der Waals surface area contributed by atoms with E-state index in [4.69, 9.17) is 20.6 Å². The summed E-state index contributed by atoms with van der Waals surface area (Å²) in [6.07, 6.45) is 1.37. The molecule has 0 atom stereocenters. The highest BCUT2D eigenvalue weighted by Crippen LogP contribution is 2.49. The van der Waals surface area contributed by atoms with Gasteiger partial charge < -0.3 is 9.05 Å². The summed E-state index contributed by atoms with van der Waals surface area (Å²) in [4.78, 5) is 14.0. The van der Waals surface area contributed by atoms with Crippen molar-refractivity contribution in [1.82, 2.24) is 0 Å². The molecule has 1 aromatic carbocycles. The average Bonchev–Trinajstić information content (AvgIpc) is 2.58. The van der Waals surface area contributed by atoms with Crippen LogP contribution in [-0.2, 0) is 31.2 Å². The fourth-order valence-electron chi connectivity index (χ4n) is 2.59. The molecule has 1 amide bonds. The van der Waals surface area contributed by atoms with Crippen LogP contribution in [0.2, 0.25) is 0 Å². The maximum absolute atomic E-state index is 12.9. The first kappa shape index (κ1) is 21.2. The minimum Gasteiger partial charge on any atom is -0.308 e. The molecule has 0 N–H and O–H groups in total. The lowest BCUT2D eigenvalue weighted by Crippen LogP contribution is -2.35. The van der Waals surface area contributed by atoms with E-state index in [0.717, 1.165) is 29.7 Å². The van der Waals surface area contributed by atoms with E-state index in [1.165, 1.54) is 4.90 Å². The second kappa shape index (κ2) is 10.2. The van der Waals surface area contributed by atoms with Crippen LogP contribution in [0.5, 0.6) is 0 Å². The fraction of sp³-hybridized carbons (Fsp3) is 0.588. The van der Waals surface area contributed by atoms with Gasteiger partial charge in [-0.2, -0.15) is 0 Å².